The number of alkyl halides is 6. The molecule has 0 heterocycles. The van der Waals surface area contributed by atoms with Crippen LogP contribution in [0.3, 0.4) is 0 Å². The van der Waals surface area contributed by atoms with E-state index < -0.39 is 19.5 Å². The Labute approximate surface area is 127 Å². The van der Waals surface area contributed by atoms with Gasteiger partial charge in [0, 0.05) is 19.5 Å². The third-order valence-corrected chi connectivity index (χ3v) is 1.46. The van der Waals surface area contributed by atoms with E-state index in [0.717, 1.165) is 0 Å². The molecule has 0 spiro atoms. The molecule has 4 nitrogen and oxygen atoms in total. The third kappa shape index (κ3) is 15.3. The van der Waals surface area contributed by atoms with Gasteiger partial charge in [0.25, 0.3) is 7.59 Å². The first-order chi connectivity index (χ1) is 5.89. The first-order valence-corrected chi connectivity index (χ1v) is 4.76. The zero-order chi connectivity index (χ0) is 12.2. The zero-order valence-electron chi connectivity index (χ0n) is 6.69. The van der Waals surface area contributed by atoms with Gasteiger partial charge in [-0.05, 0) is 0 Å². The minimum atomic E-state index is -2.17. The van der Waals surface area contributed by atoms with Crippen LogP contribution in [0.15, 0.2) is 0 Å². The summed E-state index contributed by atoms with van der Waals surface area (Å²) < 4.78 is -4.33. The molecule has 86 valence electrons. The van der Waals surface area contributed by atoms with Crippen molar-refractivity contribution in [3.8, 4) is 0 Å². The van der Waals surface area contributed by atoms with Crippen LogP contribution in [0.1, 0.15) is 0 Å². The molecule has 0 saturated carbocycles. The normalized spacial score (nSPS) is 10.5. The average molecular weight is 392 g/mol. The Morgan fingerprint density at radius 3 is 0.800 bits per heavy atom. The van der Waals surface area contributed by atoms with E-state index in [4.69, 9.17) is 79.8 Å². The van der Waals surface area contributed by atoms with Crippen molar-refractivity contribution >= 4 is 81.5 Å². The summed E-state index contributed by atoms with van der Waals surface area (Å²) in [6.45, 7) is 0. The number of carboxylic acids is 2. The van der Waals surface area contributed by atoms with E-state index in [2.05, 4.69) is 0 Å². The minimum absolute atomic E-state index is 0. The predicted octanol–water partition coefficient (Wildman–Crippen LogP) is 2.88. The zero-order valence-corrected chi connectivity index (χ0v) is 14.2. The van der Waals surface area contributed by atoms with Crippen LogP contribution >= 0.6 is 69.6 Å². The Balaban J connectivity index is -0.000000180. The van der Waals surface area contributed by atoms with E-state index in [1.54, 1.807) is 0 Å². The Kier molecular flexibility index (Phi) is 12.1. The molecule has 0 fully saturated rings. The fourth-order valence-corrected chi connectivity index (χ4v) is 0. The number of carbonyl (C=O) groups is 2. The van der Waals surface area contributed by atoms with Gasteiger partial charge < -0.3 is 10.2 Å². The Hall–Kier alpha value is 1.30. The van der Waals surface area contributed by atoms with Crippen molar-refractivity contribution in [3.05, 3.63) is 0 Å². The summed E-state index contributed by atoms with van der Waals surface area (Å²) in [7, 11) is 0. The fourth-order valence-electron chi connectivity index (χ4n) is 0. The largest absolute Gasteiger partial charge is 0.478 e. The second kappa shape index (κ2) is 8.40. The maximum Gasteiger partial charge on any atom is 0.356 e. The van der Waals surface area contributed by atoms with Crippen molar-refractivity contribution in [1.29, 1.82) is 0 Å². The van der Waals surface area contributed by atoms with Gasteiger partial charge in [0.2, 0.25) is 0 Å². The van der Waals surface area contributed by atoms with E-state index in [1.165, 1.54) is 0 Å². The van der Waals surface area contributed by atoms with Gasteiger partial charge in [-0.2, -0.15) is 0 Å². The van der Waals surface area contributed by atoms with Crippen molar-refractivity contribution in [2.24, 2.45) is 0 Å². The third-order valence-electron chi connectivity index (χ3n) is 0.485. The van der Waals surface area contributed by atoms with E-state index in [9.17, 15) is 9.59 Å². The number of aliphatic carboxylic acids is 2. The molecule has 0 aromatic carbocycles. The van der Waals surface area contributed by atoms with E-state index in [1.807, 2.05) is 0 Å². The van der Waals surface area contributed by atoms with Crippen LogP contribution in [0.4, 0.5) is 0 Å². The second-order valence-electron chi connectivity index (χ2n) is 1.61. The van der Waals surface area contributed by atoms with E-state index >= 15 is 0 Å². The Morgan fingerprint density at radius 1 is 0.733 bits per heavy atom. The quantitative estimate of drug-likeness (QED) is 0.491. The summed E-state index contributed by atoms with van der Waals surface area (Å²) in [5.41, 5.74) is 0. The van der Waals surface area contributed by atoms with Gasteiger partial charge in [-0.1, -0.05) is 69.6 Å². The van der Waals surface area contributed by atoms with Gasteiger partial charge in [-0.3, -0.25) is 0 Å². The van der Waals surface area contributed by atoms with Crippen LogP contribution in [0.5, 0.6) is 0 Å². The van der Waals surface area contributed by atoms with Crippen molar-refractivity contribution in [2.75, 3.05) is 0 Å². The summed E-state index contributed by atoms with van der Waals surface area (Å²) in [5, 5.41) is 15.7. The Bertz CT molecular complexity index is 196. The molecular formula is C4H2Cl6O4Zn. The minimum Gasteiger partial charge on any atom is -0.478 e. The first kappa shape index (κ1) is 21.6. The maximum absolute atomic E-state index is 9.62. The van der Waals surface area contributed by atoms with Gasteiger partial charge in [-0.15, -0.1) is 0 Å². The van der Waals surface area contributed by atoms with Crippen LogP contribution in [-0.4, -0.2) is 29.7 Å². The van der Waals surface area contributed by atoms with Crippen LogP contribution in [0, 0.1) is 0 Å². The van der Waals surface area contributed by atoms with Crippen LogP contribution in [0.2, 0.25) is 0 Å². The van der Waals surface area contributed by atoms with Gasteiger partial charge in [0.05, 0.1) is 0 Å². The Morgan fingerprint density at radius 2 is 0.800 bits per heavy atom. The topological polar surface area (TPSA) is 74.6 Å². The van der Waals surface area contributed by atoms with Crippen molar-refractivity contribution in [3.63, 3.8) is 0 Å². The molecule has 11 heteroatoms. The summed E-state index contributed by atoms with van der Waals surface area (Å²) in [4.78, 5) is 19.2. The van der Waals surface area contributed by atoms with Gasteiger partial charge in [0.1, 0.15) is 0 Å². The molecule has 0 amide bonds. The molecule has 0 rings (SSSR count). The maximum atomic E-state index is 9.62. The van der Waals surface area contributed by atoms with Crippen LogP contribution in [0.25, 0.3) is 0 Å². The molecule has 15 heavy (non-hydrogen) atoms. The van der Waals surface area contributed by atoms with Gasteiger partial charge in [0.15, 0.2) is 0 Å². The van der Waals surface area contributed by atoms with Gasteiger partial charge >= 0.3 is 11.9 Å². The van der Waals surface area contributed by atoms with Gasteiger partial charge in [-0.25, -0.2) is 9.59 Å². The van der Waals surface area contributed by atoms with Crippen molar-refractivity contribution < 1.29 is 39.3 Å². The number of hydrogen-bond donors (Lipinski definition) is 2. The standard InChI is InChI=1S/2C2HCl3O2.Zn/c2*3-2(4,5)1(6)7;/h2*(H,6,7);. The number of rotatable bonds is 0. The van der Waals surface area contributed by atoms with Crippen molar-refractivity contribution in [1.82, 2.24) is 0 Å². The predicted molar refractivity (Wildman–Crippen MR) is 55.9 cm³/mol. The summed E-state index contributed by atoms with van der Waals surface area (Å²) >= 11 is 28.8. The molecule has 0 aromatic heterocycles. The molecule has 0 saturated heterocycles. The molecule has 0 unspecified atom stereocenters. The monoisotopic (exact) mass is 388 g/mol. The molecule has 0 aliphatic heterocycles. The smallest absolute Gasteiger partial charge is 0.356 e. The van der Waals surface area contributed by atoms with E-state index in [-0.39, 0.29) is 19.5 Å². The molecule has 2 N–H and O–H groups in total. The molecule has 0 aliphatic rings. The molecular weight excluding hydrogens is 390 g/mol. The molecule has 0 atom stereocenters. The molecule has 0 bridgehead atoms. The SMILES string of the molecule is O=C(O)C(Cl)(Cl)Cl.O=C(O)C(Cl)(Cl)Cl.[Zn]. The second-order valence-corrected chi connectivity index (χ2v) is 6.17. The summed E-state index contributed by atoms with van der Waals surface area (Å²) in [6, 6.07) is 0. The van der Waals surface area contributed by atoms with Crippen LogP contribution in [-0.2, 0) is 29.1 Å². The van der Waals surface area contributed by atoms with E-state index in [0.29, 0.717) is 0 Å². The fraction of sp³-hybridized carbons (Fsp3) is 0.500. The molecule has 0 aromatic rings. The molecule has 0 aliphatic carbocycles. The summed E-state index contributed by atoms with van der Waals surface area (Å²) in [5.74, 6) is -2.92. The summed E-state index contributed by atoms with van der Waals surface area (Å²) in [6.07, 6.45) is 0. The number of hydrogen-bond acceptors (Lipinski definition) is 2. The number of carboxylic acid groups (broad SMARTS) is 2. The average Bonchev–Trinajstić information content (AvgIpc) is 1.83. The molecule has 0 radical (unpaired) electrons. The van der Waals surface area contributed by atoms with Crippen LogP contribution < -0.4 is 0 Å². The van der Waals surface area contributed by atoms with Crippen molar-refractivity contribution in [2.45, 2.75) is 7.59 Å². The number of halogens is 6. The first-order valence-electron chi connectivity index (χ1n) is 2.49.